The number of benzene rings is 1. The minimum absolute atomic E-state index is 0.0575. The highest BCUT2D eigenvalue weighted by Gasteiger charge is 2.27. The lowest BCUT2D eigenvalue weighted by atomic mass is 10.1. The van der Waals surface area contributed by atoms with Gasteiger partial charge in [-0.2, -0.15) is 4.31 Å². The van der Waals surface area contributed by atoms with Gasteiger partial charge in [0.25, 0.3) is 5.69 Å². The molecule has 0 spiro atoms. The molecule has 0 amide bonds. The van der Waals surface area contributed by atoms with Crippen LogP contribution in [0.1, 0.15) is 24.5 Å². The van der Waals surface area contributed by atoms with Crippen molar-refractivity contribution in [3.05, 3.63) is 33.4 Å². The first-order valence-electron chi connectivity index (χ1n) is 6.45. The molecule has 0 heterocycles. The second-order valence-corrected chi connectivity index (χ2v) is 6.59. The van der Waals surface area contributed by atoms with Gasteiger partial charge >= 0.3 is 0 Å². The van der Waals surface area contributed by atoms with Crippen LogP contribution in [0.4, 0.5) is 5.69 Å². The molecular weight excluding hydrogens is 292 g/mol. The van der Waals surface area contributed by atoms with E-state index in [0.717, 1.165) is 6.07 Å². The van der Waals surface area contributed by atoms with E-state index in [4.69, 9.17) is 6.42 Å². The number of nitrogens with zero attached hydrogens (tertiary/aromatic N) is 2. The number of sulfonamides is 1. The molecule has 0 atom stereocenters. The number of nitro benzene ring substituents is 1. The lowest BCUT2D eigenvalue weighted by molar-refractivity contribution is -0.385. The monoisotopic (exact) mass is 310 g/mol. The summed E-state index contributed by atoms with van der Waals surface area (Å²) in [4.78, 5) is 10.3. The average Bonchev–Trinajstić information content (AvgIpc) is 2.40. The Morgan fingerprint density at radius 3 is 2.48 bits per heavy atom. The number of rotatable bonds is 6. The molecule has 0 N–H and O–H groups in total. The van der Waals surface area contributed by atoms with Gasteiger partial charge in [0.15, 0.2) is 0 Å². The van der Waals surface area contributed by atoms with Crippen molar-refractivity contribution in [1.82, 2.24) is 4.31 Å². The van der Waals surface area contributed by atoms with Crippen LogP contribution in [0.2, 0.25) is 0 Å². The quantitative estimate of drug-likeness (QED) is 0.458. The molecule has 1 aromatic rings. The average molecular weight is 310 g/mol. The van der Waals surface area contributed by atoms with Crippen LogP contribution in [-0.2, 0) is 10.0 Å². The summed E-state index contributed by atoms with van der Waals surface area (Å²) in [6, 6.07) is 2.45. The van der Waals surface area contributed by atoms with E-state index < -0.39 is 14.9 Å². The van der Waals surface area contributed by atoms with Crippen molar-refractivity contribution >= 4 is 15.7 Å². The zero-order chi connectivity index (χ0) is 16.2. The maximum atomic E-state index is 12.7. The summed E-state index contributed by atoms with van der Waals surface area (Å²) in [7, 11) is -3.85. The second kappa shape index (κ2) is 6.70. The fourth-order valence-corrected chi connectivity index (χ4v) is 3.72. The largest absolute Gasteiger partial charge is 0.271 e. The Kier molecular flexibility index (Phi) is 5.47. The van der Waals surface area contributed by atoms with E-state index in [1.807, 2.05) is 6.92 Å². The molecule has 0 aliphatic carbocycles. The van der Waals surface area contributed by atoms with Crippen LogP contribution in [0.3, 0.4) is 0 Å². The van der Waals surface area contributed by atoms with E-state index in [9.17, 15) is 18.5 Å². The number of aryl methyl sites for hydroxylation is 1. The number of terminal acetylenes is 1. The minimum Gasteiger partial charge on any atom is -0.258 e. The molecule has 0 fully saturated rings. The van der Waals surface area contributed by atoms with Gasteiger partial charge in [-0.3, -0.25) is 10.1 Å². The van der Waals surface area contributed by atoms with Gasteiger partial charge in [0.05, 0.1) is 16.4 Å². The Labute approximate surface area is 125 Å². The van der Waals surface area contributed by atoms with Gasteiger partial charge in [-0.15, -0.1) is 6.42 Å². The van der Waals surface area contributed by atoms with Crippen molar-refractivity contribution in [3.8, 4) is 12.3 Å². The summed E-state index contributed by atoms with van der Waals surface area (Å²) in [6.45, 7) is 5.33. The maximum absolute atomic E-state index is 12.7. The smallest absolute Gasteiger partial charge is 0.258 e. The zero-order valence-electron chi connectivity index (χ0n) is 12.3. The molecule has 1 rings (SSSR count). The lowest BCUT2D eigenvalue weighted by Gasteiger charge is -2.20. The van der Waals surface area contributed by atoms with Gasteiger partial charge in [-0.25, -0.2) is 8.42 Å². The molecule has 0 radical (unpaired) electrons. The van der Waals surface area contributed by atoms with E-state index in [0.29, 0.717) is 17.5 Å². The predicted molar refractivity (Wildman–Crippen MR) is 80.5 cm³/mol. The standard InChI is InChI=1S/C14H18N2O4S/c1-5-7-15(8-6-2)21(19,20)14-10-13(16(17)18)9-11(3)12(14)4/h1,9-10H,6-8H2,2-4H3. The third-order valence-electron chi connectivity index (χ3n) is 3.17. The van der Waals surface area contributed by atoms with Crippen LogP contribution >= 0.6 is 0 Å². The Morgan fingerprint density at radius 2 is 2.00 bits per heavy atom. The van der Waals surface area contributed by atoms with Gasteiger partial charge in [0.1, 0.15) is 0 Å². The van der Waals surface area contributed by atoms with Crippen LogP contribution in [-0.4, -0.2) is 30.7 Å². The van der Waals surface area contributed by atoms with Gasteiger partial charge in [0, 0.05) is 18.7 Å². The molecule has 21 heavy (non-hydrogen) atoms. The van der Waals surface area contributed by atoms with Crippen LogP contribution in [0.15, 0.2) is 17.0 Å². The van der Waals surface area contributed by atoms with Crippen molar-refractivity contribution in [3.63, 3.8) is 0 Å². The highest BCUT2D eigenvalue weighted by molar-refractivity contribution is 7.89. The van der Waals surface area contributed by atoms with E-state index in [1.165, 1.54) is 10.4 Å². The van der Waals surface area contributed by atoms with Crippen LogP contribution < -0.4 is 0 Å². The summed E-state index contributed by atoms with van der Waals surface area (Å²) in [5.74, 6) is 2.31. The summed E-state index contributed by atoms with van der Waals surface area (Å²) in [6.07, 6.45) is 5.82. The van der Waals surface area contributed by atoms with Gasteiger partial charge in [0.2, 0.25) is 10.0 Å². The first-order chi connectivity index (χ1) is 9.75. The molecule has 114 valence electrons. The molecule has 7 heteroatoms. The SMILES string of the molecule is C#CCN(CCC)S(=O)(=O)c1cc([N+](=O)[O-])cc(C)c1C. The topological polar surface area (TPSA) is 80.5 Å². The van der Waals surface area contributed by atoms with E-state index in [-0.39, 0.29) is 23.7 Å². The van der Waals surface area contributed by atoms with Gasteiger partial charge < -0.3 is 0 Å². The van der Waals surface area contributed by atoms with E-state index in [1.54, 1.807) is 13.8 Å². The Hall–Kier alpha value is -1.91. The molecule has 0 saturated carbocycles. The first kappa shape index (κ1) is 17.1. The fourth-order valence-electron chi connectivity index (χ4n) is 1.96. The summed E-state index contributed by atoms with van der Waals surface area (Å²) in [5, 5.41) is 10.9. The molecular formula is C14H18N2O4S. The molecule has 1 aromatic carbocycles. The lowest BCUT2D eigenvalue weighted by Crippen LogP contribution is -2.32. The van der Waals surface area contributed by atoms with Crippen molar-refractivity contribution in [1.29, 1.82) is 0 Å². The Balaban J connectivity index is 3.49. The maximum Gasteiger partial charge on any atom is 0.271 e. The van der Waals surface area contributed by atoms with Crippen molar-refractivity contribution in [2.75, 3.05) is 13.1 Å². The number of hydrogen-bond acceptors (Lipinski definition) is 4. The third kappa shape index (κ3) is 3.60. The highest BCUT2D eigenvalue weighted by atomic mass is 32.2. The van der Waals surface area contributed by atoms with Crippen LogP contribution in [0, 0.1) is 36.3 Å². The summed E-state index contributed by atoms with van der Waals surface area (Å²) < 4.78 is 26.5. The number of hydrogen-bond donors (Lipinski definition) is 0. The fraction of sp³-hybridized carbons (Fsp3) is 0.429. The molecule has 0 unspecified atom stereocenters. The normalized spacial score (nSPS) is 11.4. The predicted octanol–water partition coefficient (Wildman–Crippen LogP) is 2.25. The van der Waals surface area contributed by atoms with Crippen molar-refractivity contribution in [2.45, 2.75) is 32.1 Å². The van der Waals surface area contributed by atoms with Crippen LogP contribution in [0.5, 0.6) is 0 Å². The summed E-state index contributed by atoms with van der Waals surface area (Å²) in [5.41, 5.74) is 0.812. The third-order valence-corrected chi connectivity index (χ3v) is 5.15. The van der Waals surface area contributed by atoms with Crippen molar-refractivity contribution in [2.24, 2.45) is 0 Å². The number of nitro groups is 1. The van der Waals surface area contributed by atoms with Gasteiger partial charge in [-0.05, 0) is 31.4 Å². The summed E-state index contributed by atoms with van der Waals surface area (Å²) >= 11 is 0. The van der Waals surface area contributed by atoms with Crippen LogP contribution in [0.25, 0.3) is 0 Å². The Bertz CT molecular complexity index is 690. The molecule has 0 aliphatic rings. The molecule has 0 aromatic heterocycles. The highest BCUT2D eigenvalue weighted by Crippen LogP contribution is 2.27. The molecule has 0 bridgehead atoms. The van der Waals surface area contributed by atoms with Crippen molar-refractivity contribution < 1.29 is 13.3 Å². The zero-order valence-corrected chi connectivity index (χ0v) is 13.1. The van der Waals surface area contributed by atoms with Gasteiger partial charge in [-0.1, -0.05) is 12.8 Å². The molecule has 0 aliphatic heterocycles. The van der Waals surface area contributed by atoms with E-state index in [2.05, 4.69) is 5.92 Å². The molecule has 6 nitrogen and oxygen atoms in total. The van der Waals surface area contributed by atoms with E-state index >= 15 is 0 Å². The Morgan fingerprint density at radius 1 is 1.38 bits per heavy atom. The second-order valence-electron chi connectivity index (χ2n) is 4.69. The molecule has 0 saturated heterocycles. The minimum atomic E-state index is -3.85. The first-order valence-corrected chi connectivity index (χ1v) is 7.89. The number of non-ortho nitro benzene ring substituents is 1.